The predicted molar refractivity (Wildman–Crippen MR) is 117 cm³/mol. The molecule has 4 rings (SSSR count). The third-order valence-electron chi connectivity index (χ3n) is 5.63. The molecule has 1 amide bonds. The molecule has 7 heteroatoms. The summed E-state index contributed by atoms with van der Waals surface area (Å²) >= 11 is 0. The molecule has 1 atom stereocenters. The second kappa shape index (κ2) is 9.19. The predicted octanol–water partition coefficient (Wildman–Crippen LogP) is 1.50. The largest absolute Gasteiger partial charge is 0.346 e. The van der Waals surface area contributed by atoms with E-state index in [-0.39, 0.29) is 24.1 Å². The lowest BCUT2D eigenvalue weighted by Crippen LogP contribution is -2.48. The number of aromatic nitrogens is 2. The number of amides is 1. The Labute approximate surface area is 175 Å². The number of piperazine rings is 1. The van der Waals surface area contributed by atoms with Gasteiger partial charge in [0.2, 0.25) is 5.91 Å². The van der Waals surface area contributed by atoms with E-state index in [0.29, 0.717) is 5.39 Å². The molecule has 7 nitrogen and oxygen atoms in total. The maximum Gasteiger partial charge on any atom is 0.275 e. The highest BCUT2D eigenvalue weighted by Crippen LogP contribution is 2.15. The molecule has 30 heavy (non-hydrogen) atoms. The highest BCUT2D eigenvalue weighted by molar-refractivity contribution is 5.81. The van der Waals surface area contributed by atoms with E-state index in [1.807, 2.05) is 48.5 Å². The lowest BCUT2D eigenvalue weighted by molar-refractivity contribution is -0.122. The van der Waals surface area contributed by atoms with E-state index in [0.717, 1.165) is 43.7 Å². The number of rotatable bonds is 6. The van der Waals surface area contributed by atoms with Crippen molar-refractivity contribution in [2.75, 3.05) is 39.8 Å². The zero-order valence-electron chi connectivity index (χ0n) is 17.2. The SMILES string of the molecule is CN1CCN(CC(NC(=O)Cn2ncc3ccccc3c2=O)c2ccccc2)CC1. The van der Waals surface area contributed by atoms with E-state index in [9.17, 15) is 9.59 Å². The molecule has 1 N–H and O–H groups in total. The number of nitrogens with one attached hydrogen (secondary N) is 1. The summed E-state index contributed by atoms with van der Waals surface area (Å²) in [5, 5.41) is 8.64. The minimum atomic E-state index is -0.251. The van der Waals surface area contributed by atoms with Crippen LogP contribution in [0.5, 0.6) is 0 Å². The Morgan fingerprint density at radius 2 is 1.73 bits per heavy atom. The van der Waals surface area contributed by atoms with Crippen LogP contribution in [0, 0.1) is 0 Å². The summed E-state index contributed by atoms with van der Waals surface area (Å²) in [5.41, 5.74) is 0.808. The molecule has 3 aromatic rings. The van der Waals surface area contributed by atoms with Crippen LogP contribution in [-0.2, 0) is 11.3 Å². The molecule has 0 radical (unpaired) electrons. The van der Waals surface area contributed by atoms with Gasteiger partial charge in [-0.25, -0.2) is 4.68 Å². The lowest BCUT2D eigenvalue weighted by Gasteiger charge is -2.35. The normalized spacial score (nSPS) is 16.4. The van der Waals surface area contributed by atoms with Gasteiger partial charge in [0, 0.05) is 38.1 Å². The van der Waals surface area contributed by atoms with E-state index < -0.39 is 0 Å². The number of fused-ring (bicyclic) bond motifs is 1. The summed E-state index contributed by atoms with van der Waals surface area (Å²) in [6, 6.07) is 17.1. The Morgan fingerprint density at radius 3 is 2.50 bits per heavy atom. The van der Waals surface area contributed by atoms with Gasteiger partial charge in [0.1, 0.15) is 6.54 Å². The smallest absolute Gasteiger partial charge is 0.275 e. The molecule has 1 fully saturated rings. The minimum absolute atomic E-state index is 0.101. The highest BCUT2D eigenvalue weighted by Gasteiger charge is 2.21. The minimum Gasteiger partial charge on any atom is -0.346 e. The van der Waals surface area contributed by atoms with Crippen LogP contribution >= 0.6 is 0 Å². The number of benzene rings is 2. The first-order chi connectivity index (χ1) is 14.6. The molecule has 156 valence electrons. The van der Waals surface area contributed by atoms with Crippen LogP contribution in [0.15, 0.2) is 65.6 Å². The van der Waals surface area contributed by atoms with Crippen LogP contribution in [0.2, 0.25) is 0 Å². The first kappa shape index (κ1) is 20.3. The standard InChI is InChI=1S/C23H27N5O2/c1-26-11-13-27(14-12-26)16-21(18-7-3-2-4-8-18)25-22(29)17-28-23(30)20-10-6-5-9-19(20)15-24-28/h2-10,15,21H,11-14,16-17H2,1H3,(H,25,29). The fraction of sp³-hybridized carbons (Fsp3) is 0.348. The first-order valence-electron chi connectivity index (χ1n) is 10.3. The van der Waals surface area contributed by atoms with E-state index in [2.05, 4.69) is 27.3 Å². The molecule has 1 aliphatic rings. The van der Waals surface area contributed by atoms with Crippen molar-refractivity contribution in [2.45, 2.75) is 12.6 Å². The third-order valence-corrected chi connectivity index (χ3v) is 5.63. The van der Waals surface area contributed by atoms with Crippen molar-refractivity contribution in [3.8, 4) is 0 Å². The molecule has 0 spiro atoms. The maximum atomic E-state index is 12.8. The summed E-state index contributed by atoms with van der Waals surface area (Å²) in [7, 11) is 2.13. The summed E-state index contributed by atoms with van der Waals surface area (Å²) in [6.45, 7) is 4.62. The zero-order chi connectivity index (χ0) is 20.9. The number of nitrogens with zero attached hydrogens (tertiary/aromatic N) is 4. The van der Waals surface area contributed by atoms with E-state index >= 15 is 0 Å². The molecule has 2 aromatic carbocycles. The van der Waals surface area contributed by atoms with Crippen LogP contribution in [0.3, 0.4) is 0 Å². The fourth-order valence-corrected chi connectivity index (χ4v) is 3.82. The van der Waals surface area contributed by atoms with Crippen LogP contribution in [0.4, 0.5) is 0 Å². The number of carbonyl (C=O) groups excluding carboxylic acids is 1. The van der Waals surface area contributed by atoms with Crippen molar-refractivity contribution < 1.29 is 4.79 Å². The van der Waals surface area contributed by atoms with Crippen molar-refractivity contribution in [1.82, 2.24) is 24.9 Å². The third kappa shape index (κ3) is 4.75. The van der Waals surface area contributed by atoms with Gasteiger partial charge in [-0.1, -0.05) is 48.5 Å². The second-order valence-electron chi connectivity index (χ2n) is 7.83. The molecule has 1 saturated heterocycles. The Kier molecular flexibility index (Phi) is 6.21. The number of hydrogen-bond donors (Lipinski definition) is 1. The van der Waals surface area contributed by atoms with Crippen molar-refractivity contribution >= 4 is 16.7 Å². The summed E-state index contributed by atoms with van der Waals surface area (Å²) < 4.78 is 1.23. The molecule has 1 aromatic heterocycles. The summed E-state index contributed by atoms with van der Waals surface area (Å²) in [6.07, 6.45) is 1.63. The molecule has 0 aliphatic carbocycles. The van der Waals surface area contributed by atoms with Gasteiger partial charge in [0.25, 0.3) is 5.56 Å². The highest BCUT2D eigenvalue weighted by atomic mass is 16.2. The first-order valence-corrected chi connectivity index (χ1v) is 10.3. The van der Waals surface area contributed by atoms with E-state index in [1.165, 1.54) is 4.68 Å². The van der Waals surface area contributed by atoms with Gasteiger partial charge in [0.05, 0.1) is 17.6 Å². The summed E-state index contributed by atoms with van der Waals surface area (Å²) in [4.78, 5) is 30.2. The molecule has 2 heterocycles. The van der Waals surface area contributed by atoms with Crippen molar-refractivity contribution in [3.63, 3.8) is 0 Å². The molecular formula is C23H27N5O2. The van der Waals surface area contributed by atoms with Crippen LogP contribution in [0.25, 0.3) is 10.8 Å². The van der Waals surface area contributed by atoms with Crippen LogP contribution in [-0.4, -0.2) is 65.3 Å². The average Bonchev–Trinajstić information content (AvgIpc) is 2.77. The van der Waals surface area contributed by atoms with Gasteiger partial charge < -0.3 is 10.2 Å². The van der Waals surface area contributed by atoms with Crippen LogP contribution in [0.1, 0.15) is 11.6 Å². The maximum absolute atomic E-state index is 12.8. The number of likely N-dealkylation sites (N-methyl/N-ethyl adjacent to an activating group) is 1. The molecule has 1 aliphatic heterocycles. The Hall–Kier alpha value is -3.03. The second-order valence-corrected chi connectivity index (χ2v) is 7.83. The van der Waals surface area contributed by atoms with Gasteiger partial charge >= 0.3 is 0 Å². The van der Waals surface area contributed by atoms with Crippen LogP contribution < -0.4 is 10.9 Å². The van der Waals surface area contributed by atoms with Gasteiger partial charge in [-0.2, -0.15) is 5.10 Å². The van der Waals surface area contributed by atoms with Gasteiger partial charge in [0.15, 0.2) is 0 Å². The Bertz CT molecular complexity index is 1060. The number of hydrogen-bond acceptors (Lipinski definition) is 5. The molecule has 0 saturated carbocycles. The van der Waals surface area contributed by atoms with Gasteiger partial charge in [-0.15, -0.1) is 0 Å². The van der Waals surface area contributed by atoms with E-state index in [1.54, 1.807) is 12.3 Å². The number of carbonyl (C=O) groups is 1. The van der Waals surface area contributed by atoms with Crippen molar-refractivity contribution in [1.29, 1.82) is 0 Å². The van der Waals surface area contributed by atoms with Gasteiger partial charge in [-0.3, -0.25) is 14.5 Å². The Balaban J connectivity index is 1.49. The van der Waals surface area contributed by atoms with Crippen molar-refractivity contribution in [2.24, 2.45) is 0 Å². The molecular weight excluding hydrogens is 378 g/mol. The zero-order valence-corrected chi connectivity index (χ0v) is 17.2. The lowest BCUT2D eigenvalue weighted by atomic mass is 10.1. The van der Waals surface area contributed by atoms with Gasteiger partial charge in [-0.05, 0) is 18.7 Å². The Morgan fingerprint density at radius 1 is 1.03 bits per heavy atom. The monoisotopic (exact) mass is 405 g/mol. The van der Waals surface area contributed by atoms with Crippen molar-refractivity contribution in [3.05, 3.63) is 76.7 Å². The quantitative estimate of drug-likeness (QED) is 0.673. The molecule has 1 unspecified atom stereocenters. The summed E-state index contributed by atoms with van der Waals surface area (Å²) in [5.74, 6) is -0.220. The average molecular weight is 406 g/mol. The van der Waals surface area contributed by atoms with E-state index in [4.69, 9.17) is 0 Å². The molecule has 0 bridgehead atoms. The fourth-order valence-electron chi connectivity index (χ4n) is 3.82. The topological polar surface area (TPSA) is 70.5 Å².